The van der Waals surface area contributed by atoms with Crippen molar-refractivity contribution in [1.29, 1.82) is 0 Å². The molecular formula is C31H28OP2. The Labute approximate surface area is 203 Å². The molecule has 34 heavy (non-hydrogen) atoms. The molecule has 4 atom stereocenters. The van der Waals surface area contributed by atoms with E-state index in [1.807, 2.05) is 36.4 Å². The fourth-order valence-corrected chi connectivity index (χ4v) is 13.8. The third-order valence-corrected chi connectivity index (χ3v) is 14.4. The molecule has 0 aromatic heterocycles. The average molecular weight is 479 g/mol. The topological polar surface area (TPSA) is 17.1 Å². The minimum Gasteiger partial charge on any atom is -0.313 e. The second kappa shape index (κ2) is 9.14. The third-order valence-electron chi connectivity index (χ3n) is 7.44. The van der Waals surface area contributed by atoms with E-state index in [0.717, 1.165) is 17.0 Å². The van der Waals surface area contributed by atoms with Crippen LogP contribution in [-0.2, 0) is 4.57 Å². The quantitative estimate of drug-likeness (QED) is 0.243. The van der Waals surface area contributed by atoms with Crippen molar-refractivity contribution in [1.82, 2.24) is 0 Å². The summed E-state index contributed by atoms with van der Waals surface area (Å²) < 4.78 is 15.6. The maximum Gasteiger partial charge on any atom is 0.147 e. The zero-order valence-corrected chi connectivity index (χ0v) is 20.8. The van der Waals surface area contributed by atoms with Crippen molar-refractivity contribution in [3.8, 4) is 0 Å². The van der Waals surface area contributed by atoms with Gasteiger partial charge in [0.2, 0.25) is 0 Å². The fourth-order valence-electron chi connectivity index (χ4n) is 6.06. The molecule has 4 aromatic carbocycles. The van der Waals surface area contributed by atoms with Crippen LogP contribution in [0.15, 0.2) is 133 Å². The molecule has 2 bridgehead atoms. The molecule has 0 saturated heterocycles. The lowest BCUT2D eigenvalue weighted by molar-refractivity contribution is 0.565. The summed E-state index contributed by atoms with van der Waals surface area (Å²) in [5.41, 5.74) is 0.430. The molecule has 168 valence electrons. The molecular weight excluding hydrogens is 450 g/mol. The predicted molar refractivity (Wildman–Crippen MR) is 147 cm³/mol. The van der Waals surface area contributed by atoms with Crippen molar-refractivity contribution in [2.45, 2.75) is 17.7 Å². The summed E-state index contributed by atoms with van der Waals surface area (Å²) in [6.45, 7) is 0. The highest BCUT2D eigenvalue weighted by molar-refractivity contribution is 7.81. The van der Waals surface area contributed by atoms with Crippen LogP contribution in [-0.4, -0.2) is 11.3 Å². The van der Waals surface area contributed by atoms with E-state index in [2.05, 4.69) is 97.1 Å². The Hall–Kier alpha value is -2.72. The molecule has 0 N–H and O–H groups in total. The molecule has 0 radical (unpaired) electrons. The Balaban J connectivity index is 1.57. The number of allylic oxidation sites excluding steroid dienone is 2. The van der Waals surface area contributed by atoms with Crippen LogP contribution >= 0.6 is 15.1 Å². The van der Waals surface area contributed by atoms with E-state index in [9.17, 15) is 0 Å². The van der Waals surface area contributed by atoms with Gasteiger partial charge in [0.25, 0.3) is 0 Å². The maximum atomic E-state index is 15.6. The van der Waals surface area contributed by atoms with Gasteiger partial charge in [-0.05, 0) is 36.8 Å². The number of rotatable bonds is 6. The first kappa shape index (κ1) is 21.8. The lowest BCUT2D eigenvalue weighted by Gasteiger charge is -2.40. The SMILES string of the molecule is O=P(c1ccccc1)(c1ccccc1)[C@@H]1[C@@H](P(c2ccccc2)c2ccccc2)[C@@H]2C=C[C@H]1C2. The zero-order chi connectivity index (χ0) is 23.0. The van der Waals surface area contributed by atoms with Gasteiger partial charge in [-0.15, -0.1) is 0 Å². The van der Waals surface area contributed by atoms with Crippen LogP contribution in [0.25, 0.3) is 0 Å². The lowest BCUT2D eigenvalue weighted by Crippen LogP contribution is -2.39. The zero-order valence-electron chi connectivity index (χ0n) is 19.0. The van der Waals surface area contributed by atoms with Crippen molar-refractivity contribution < 1.29 is 4.57 Å². The van der Waals surface area contributed by atoms with E-state index >= 15 is 4.57 Å². The smallest absolute Gasteiger partial charge is 0.147 e. The molecule has 0 spiro atoms. The highest BCUT2D eigenvalue weighted by Gasteiger charge is 2.56. The van der Waals surface area contributed by atoms with E-state index < -0.39 is 15.1 Å². The Morgan fingerprint density at radius 1 is 0.559 bits per heavy atom. The average Bonchev–Trinajstić information content (AvgIpc) is 3.53. The van der Waals surface area contributed by atoms with E-state index in [1.165, 1.54) is 10.6 Å². The van der Waals surface area contributed by atoms with Gasteiger partial charge in [0.05, 0.1) is 0 Å². The minimum absolute atomic E-state index is 0.0961. The molecule has 4 aromatic rings. The molecule has 1 saturated carbocycles. The Morgan fingerprint density at radius 3 is 1.44 bits per heavy atom. The first-order valence-electron chi connectivity index (χ1n) is 12.1. The highest BCUT2D eigenvalue weighted by Crippen LogP contribution is 2.67. The third kappa shape index (κ3) is 3.63. The van der Waals surface area contributed by atoms with Crippen molar-refractivity contribution in [2.75, 3.05) is 0 Å². The number of benzene rings is 4. The van der Waals surface area contributed by atoms with Gasteiger partial charge in [-0.25, -0.2) is 0 Å². The number of hydrogen-bond acceptors (Lipinski definition) is 1. The van der Waals surface area contributed by atoms with Gasteiger partial charge in [0.1, 0.15) is 7.14 Å². The summed E-state index contributed by atoms with van der Waals surface area (Å²) >= 11 is 0. The molecule has 1 fully saturated rings. The van der Waals surface area contributed by atoms with Crippen LogP contribution in [0.4, 0.5) is 0 Å². The summed E-state index contributed by atoms with van der Waals surface area (Å²) in [5, 5.41) is 4.75. The molecule has 2 aliphatic carbocycles. The summed E-state index contributed by atoms with van der Waals surface area (Å²) in [7, 11) is -3.57. The van der Waals surface area contributed by atoms with Crippen molar-refractivity contribution in [3.05, 3.63) is 133 Å². The molecule has 0 aliphatic heterocycles. The van der Waals surface area contributed by atoms with Gasteiger partial charge in [-0.2, -0.15) is 0 Å². The summed E-state index contributed by atoms with van der Waals surface area (Å²) in [6, 6.07) is 42.5. The fraction of sp³-hybridized carbons (Fsp3) is 0.161. The van der Waals surface area contributed by atoms with Crippen LogP contribution in [0.1, 0.15) is 6.42 Å². The van der Waals surface area contributed by atoms with E-state index in [-0.39, 0.29) is 5.66 Å². The van der Waals surface area contributed by atoms with Crippen molar-refractivity contribution in [2.24, 2.45) is 11.8 Å². The Morgan fingerprint density at radius 2 is 0.971 bits per heavy atom. The lowest BCUT2D eigenvalue weighted by atomic mass is 10.1. The predicted octanol–water partition coefficient (Wildman–Crippen LogP) is 6.08. The number of fused-ring (bicyclic) bond motifs is 2. The van der Waals surface area contributed by atoms with E-state index in [1.54, 1.807) is 0 Å². The van der Waals surface area contributed by atoms with Crippen LogP contribution in [0.5, 0.6) is 0 Å². The van der Waals surface area contributed by atoms with E-state index in [4.69, 9.17) is 0 Å². The van der Waals surface area contributed by atoms with Crippen molar-refractivity contribution >= 4 is 36.3 Å². The molecule has 0 heterocycles. The van der Waals surface area contributed by atoms with E-state index in [0.29, 0.717) is 17.5 Å². The molecule has 3 heteroatoms. The van der Waals surface area contributed by atoms with Gasteiger partial charge >= 0.3 is 0 Å². The highest BCUT2D eigenvalue weighted by atomic mass is 31.2. The van der Waals surface area contributed by atoms with Crippen LogP contribution in [0.2, 0.25) is 0 Å². The minimum atomic E-state index is -2.90. The summed E-state index contributed by atoms with van der Waals surface area (Å²) in [6.07, 6.45) is 5.90. The van der Waals surface area contributed by atoms with Gasteiger partial charge in [-0.1, -0.05) is 133 Å². The first-order valence-corrected chi connectivity index (χ1v) is 15.2. The molecule has 2 aliphatic rings. The van der Waals surface area contributed by atoms with Gasteiger partial charge < -0.3 is 4.57 Å². The van der Waals surface area contributed by atoms with Gasteiger partial charge in [0, 0.05) is 21.9 Å². The summed E-state index contributed by atoms with van der Waals surface area (Å²) in [5.74, 6) is 0.806. The normalized spacial score (nSPS) is 23.4. The maximum absolute atomic E-state index is 15.6. The monoisotopic (exact) mass is 478 g/mol. The molecule has 1 nitrogen and oxygen atoms in total. The van der Waals surface area contributed by atoms with Gasteiger partial charge in [0.15, 0.2) is 0 Å². The standard InChI is InChI=1S/C31H28OP2/c32-34(28-17-9-3-10-18-28,29-19-11-4-12-20-29)31-25-22-21-24(23-25)30(31)33(26-13-5-1-6-14-26)27-15-7-2-8-16-27/h1-22,24-25,30-31H,23H2/t24-,25+,30+,31+/m1/s1. The van der Waals surface area contributed by atoms with Crippen LogP contribution in [0.3, 0.4) is 0 Å². The molecule has 0 amide bonds. The van der Waals surface area contributed by atoms with Crippen LogP contribution in [0, 0.1) is 11.8 Å². The Kier molecular flexibility index (Phi) is 5.86. The Bertz CT molecular complexity index is 1240. The first-order chi connectivity index (χ1) is 16.8. The molecule has 6 rings (SSSR count). The largest absolute Gasteiger partial charge is 0.313 e. The number of hydrogen-bond donors (Lipinski definition) is 0. The summed E-state index contributed by atoms with van der Waals surface area (Å²) in [4.78, 5) is 0. The second-order valence-electron chi connectivity index (χ2n) is 9.30. The second-order valence-corrected chi connectivity index (χ2v) is 14.6. The van der Waals surface area contributed by atoms with Crippen molar-refractivity contribution in [3.63, 3.8) is 0 Å². The van der Waals surface area contributed by atoms with Crippen LogP contribution < -0.4 is 21.2 Å². The van der Waals surface area contributed by atoms with Gasteiger partial charge in [-0.3, -0.25) is 0 Å². The molecule has 0 unspecified atom stereocenters.